The van der Waals surface area contributed by atoms with Crippen LogP contribution < -0.4 is 4.74 Å². The number of imide groups is 1. The van der Waals surface area contributed by atoms with Gasteiger partial charge >= 0.3 is 6.16 Å². The molecule has 1 aliphatic heterocycles. The zero-order valence-electron chi connectivity index (χ0n) is 23.5. The first kappa shape index (κ1) is 30.9. The fraction of sp³-hybridized carbons (Fsp3) is 0.710. The zero-order valence-corrected chi connectivity index (χ0v) is 23.5. The lowest BCUT2D eigenvalue weighted by Crippen LogP contribution is -2.33. The number of carbonyl (C=O) groups is 3. The Morgan fingerprint density at radius 1 is 0.730 bits per heavy atom. The minimum atomic E-state index is -0.781. The lowest BCUT2D eigenvalue weighted by atomic mass is 10.0. The van der Waals surface area contributed by atoms with Crippen LogP contribution in [0.25, 0.3) is 0 Å². The molecule has 0 fully saturated rings. The van der Waals surface area contributed by atoms with Crippen LogP contribution in [-0.4, -0.2) is 36.0 Å². The Labute approximate surface area is 224 Å². The highest BCUT2D eigenvalue weighted by atomic mass is 16.7. The summed E-state index contributed by atoms with van der Waals surface area (Å²) in [5.41, 5.74) is 0.619. The Bertz CT molecular complexity index is 835. The van der Waals surface area contributed by atoms with Gasteiger partial charge in [-0.3, -0.25) is 14.5 Å². The molecule has 0 radical (unpaired) electrons. The Hall–Kier alpha value is -2.37. The molecule has 0 spiro atoms. The third kappa shape index (κ3) is 11.7. The molecule has 0 saturated carbocycles. The van der Waals surface area contributed by atoms with Crippen molar-refractivity contribution in [1.82, 2.24) is 4.90 Å². The summed E-state index contributed by atoms with van der Waals surface area (Å²) in [5.74, 6) is -0.257. The summed E-state index contributed by atoms with van der Waals surface area (Å²) >= 11 is 0. The third-order valence-electron chi connectivity index (χ3n) is 6.91. The minimum absolute atomic E-state index is 0.178. The first-order chi connectivity index (χ1) is 17.9. The molecule has 0 N–H and O–H groups in total. The predicted molar refractivity (Wildman–Crippen MR) is 148 cm³/mol. The van der Waals surface area contributed by atoms with E-state index in [1.807, 2.05) is 13.8 Å². The normalized spacial score (nSPS) is 12.9. The van der Waals surface area contributed by atoms with E-state index in [0.29, 0.717) is 18.7 Å². The molecule has 2 amide bonds. The number of amides is 2. The molecule has 1 aliphatic rings. The van der Waals surface area contributed by atoms with E-state index in [9.17, 15) is 14.4 Å². The quantitative estimate of drug-likeness (QED) is 0.0751. The smallest absolute Gasteiger partial charge is 0.434 e. The molecule has 6 heteroatoms. The van der Waals surface area contributed by atoms with Crippen LogP contribution in [-0.2, 0) is 4.74 Å². The van der Waals surface area contributed by atoms with Crippen LogP contribution >= 0.6 is 0 Å². The first-order valence-corrected chi connectivity index (χ1v) is 14.8. The number of hydrogen-bond donors (Lipinski definition) is 0. The molecular weight excluding hydrogens is 466 g/mol. The van der Waals surface area contributed by atoms with E-state index in [1.165, 1.54) is 107 Å². The number of rotatable bonds is 20. The summed E-state index contributed by atoms with van der Waals surface area (Å²) in [5, 5.41) is 0. The van der Waals surface area contributed by atoms with Gasteiger partial charge in [-0.25, -0.2) is 4.79 Å². The molecule has 6 nitrogen and oxygen atoms in total. The average molecular weight is 516 g/mol. The Morgan fingerprint density at radius 2 is 1.22 bits per heavy atom. The van der Waals surface area contributed by atoms with Gasteiger partial charge in [0, 0.05) is 6.54 Å². The first-order valence-electron chi connectivity index (χ1n) is 14.8. The molecular formula is C31H49NO5. The highest BCUT2D eigenvalue weighted by Crippen LogP contribution is 2.27. The monoisotopic (exact) mass is 515 g/mol. The second-order valence-electron chi connectivity index (χ2n) is 10.8. The van der Waals surface area contributed by atoms with Gasteiger partial charge in [-0.15, -0.1) is 0 Å². The van der Waals surface area contributed by atoms with Crippen LogP contribution in [0.5, 0.6) is 5.75 Å². The van der Waals surface area contributed by atoms with Crippen LogP contribution in [0.1, 0.15) is 144 Å². The summed E-state index contributed by atoms with van der Waals surface area (Å²) < 4.78 is 10.4. The number of unbranched alkanes of at least 4 members (excludes halogenated alkanes) is 15. The van der Waals surface area contributed by atoms with Crippen molar-refractivity contribution in [3.8, 4) is 5.75 Å². The van der Waals surface area contributed by atoms with Crippen LogP contribution in [0, 0.1) is 5.92 Å². The fourth-order valence-corrected chi connectivity index (χ4v) is 4.80. The van der Waals surface area contributed by atoms with Crippen molar-refractivity contribution in [2.75, 3.05) is 13.2 Å². The number of hydrogen-bond acceptors (Lipinski definition) is 5. The molecule has 0 atom stereocenters. The molecule has 2 rings (SSSR count). The van der Waals surface area contributed by atoms with Gasteiger partial charge in [-0.05, 0) is 30.5 Å². The van der Waals surface area contributed by atoms with Gasteiger partial charge < -0.3 is 9.47 Å². The molecule has 1 aromatic rings. The van der Waals surface area contributed by atoms with Crippen molar-refractivity contribution in [2.24, 2.45) is 5.92 Å². The van der Waals surface area contributed by atoms with Gasteiger partial charge in [0.2, 0.25) is 0 Å². The summed E-state index contributed by atoms with van der Waals surface area (Å²) in [6.45, 7) is 6.86. The van der Waals surface area contributed by atoms with Crippen LogP contribution in [0.2, 0.25) is 0 Å². The van der Waals surface area contributed by atoms with E-state index in [0.717, 1.165) is 19.3 Å². The Kier molecular flexibility index (Phi) is 15.0. The maximum absolute atomic E-state index is 12.6. The van der Waals surface area contributed by atoms with Crippen molar-refractivity contribution >= 4 is 18.0 Å². The van der Waals surface area contributed by atoms with Crippen molar-refractivity contribution in [1.29, 1.82) is 0 Å². The molecule has 37 heavy (non-hydrogen) atoms. The average Bonchev–Trinajstić information content (AvgIpc) is 3.09. The van der Waals surface area contributed by atoms with Gasteiger partial charge in [0.05, 0.1) is 17.7 Å². The topological polar surface area (TPSA) is 72.9 Å². The molecule has 0 saturated heterocycles. The number of ether oxygens (including phenoxy) is 2. The van der Waals surface area contributed by atoms with Crippen LogP contribution in [0.15, 0.2) is 18.2 Å². The van der Waals surface area contributed by atoms with Crippen molar-refractivity contribution < 1.29 is 23.9 Å². The summed E-state index contributed by atoms with van der Waals surface area (Å²) in [4.78, 5) is 38.3. The largest absolute Gasteiger partial charge is 0.513 e. The number of benzene rings is 1. The Balaban J connectivity index is 1.46. The van der Waals surface area contributed by atoms with E-state index in [2.05, 4.69) is 6.92 Å². The molecule has 1 heterocycles. The van der Waals surface area contributed by atoms with E-state index in [4.69, 9.17) is 9.47 Å². The predicted octanol–water partition coefficient (Wildman–Crippen LogP) is 8.72. The lowest BCUT2D eigenvalue weighted by molar-refractivity contribution is 0.0635. The maximum Gasteiger partial charge on any atom is 0.513 e. The highest BCUT2D eigenvalue weighted by molar-refractivity contribution is 6.21. The van der Waals surface area contributed by atoms with Crippen molar-refractivity contribution in [2.45, 2.75) is 124 Å². The molecule has 0 aromatic heterocycles. The summed E-state index contributed by atoms with van der Waals surface area (Å²) in [6, 6.07) is 4.51. The fourth-order valence-electron chi connectivity index (χ4n) is 4.80. The number of carbonyl (C=O) groups excluding carboxylic acids is 3. The van der Waals surface area contributed by atoms with E-state index in [-0.39, 0.29) is 29.0 Å². The van der Waals surface area contributed by atoms with Crippen LogP contribution in [0.4, 0.5) is 4.79 Å². The summed E-state index contributed by atoms with van der Waals surface area (Å²) in [6.07, 6.45) is 19.9. The van der Waals surface area contributed by atoms with E-state index >= 15 is 0 Å². The molecule has 208 valence electrons. The van der Waals surface area contributed by atoms with E-state index < -0.39 is 6.16 Å². The van der Waals surface area contributed by atoms with E-state index in [1.54, 1.807) is 0 Å². The molecule has 0 aliphatic carbocycles. The number of nitrogens with zero attached hydrogens (tertiary/aromatic N) is 1. The van der Waals surface area contributed by atoms with Crippen LogP contribution in [0.3, 0.4) is 0 Å². The third-order valence-corrected chi connectivity index (χ3v) is 6.91. The lowest BCUT2D eigenvalue weighted by Gasteiger charge is -2.15. The maximum atomic E-state index is 12.6. The second kappa shape index (κ2) is 18.0. The van der Waals surface area contributed by atoms with Gasteiger partial charge in [0.25, 0.3) is 11.8 Å². The van der Waals surface area contributed by atoms with Crippen molar-refractivity contribution in [3.05, 3.63) is 29.3 Å². The van der Waals surface area contributed by atoms with Gasteiger partial charge in [-0.1, -0.05) is 117 Å². The summed E-state index contributed by atoms with van der Waals surface area (Å²) in [7, 11) is 0. The van der Waals surface area contributed by atoms with Gasteiger partial charge in [0.1, 0.15) is 5.75 Å². The molecule has 0 bridgehead atoms. The highest BCUT2D eigenvalue weighted by Gasteiger charge is 2.36. The molecule has 0 unspecified atom stereocenters. The van der Waals surface area contributed by atoms with Gasteiger partial charge in [0.15, 0.2) is 0 Å². The SMILES string of the molecule is CCCCCCCCCCCCCCCCCCOC(=O)Oc1ccc2c(c1)C(=O)N(CC(C)C)C2=O. The van der Waals surface area contributed by atoms with Gasteiger partial charge in [-0.2, -0.15) is 0 Å². The Morgan fingerprint density at radius 3 is 1.73 bits per heavy atom. The van der Waals surface area contributed by atoms with Crippen molar-refractivity contribution in [3.63, 3.8) is 0 Å². The zero-order chi connectivity index (χ0) is 26.9. The number of fused-ring (bicyclic) bond motifs is 1. The standard InChI is InChI=1S/C31H49NO5/c1-4-5-6-7-8-9-10-11-12-13-14-15-16-17-18-19-22-36-31(35)37-26-20-21-27-28(23-26)30(34)32(29(27)33)24-25(2)3/h20-21,23,25H,4-19,22,24H2,1-3H3. The minimum Gasteiger partial charge on any atom is -0.434 e. The molecule has 1 aromatic carbocycles. The second-order valence-corrected chi connectivity index (χ2v) is 10.8.